The van der Waals surface area contributed by atoms with E-state index in [-0.39, 0.29) is 11.5 Å². The molecule has 6 nitrogen and oxygen atoms in total. The van der Waals surface area contributed by atoms with Crippen molar-refractivity contribution in [1.82, 2.24) is 14.5 Å². The number of carbonyl (C=O) groups excluding carboxylic acids is 1. The topological polar surface area (TPSA) is 64.4 Å². The van der Waals surface area contributed by atoms with Crippen molar-refractivity contribution >= 4 is 16.8 Å². The van der Waals surface area contributed by atoms with Crippen LogP contribution >= 0.6 is 0 Å². The summed E-state index contributed by atoms with van der Waals surface area (Å²) in [5.74, 6) is 1.13. The third-order valence-corrected chi connectivity index (χ3v) is 5.67. The van der Waals surface area contributed by atoms with E-state index in [0.29, 0.717) is 41.1 Å². The van der Waals surface area contributed by atoms with Gasteiger partial charge in [-0.2, -0.15) is 0 Å². The third-order valence-electron chi connectivity index (χ3n) is 5.67. The number of rotatable bonds is 7. The molecule has 0 spiro atoms. The van der Waals surface area contributed by atoms with Gasteiger partial charge in [0, 0.05) is 12.1 Å². The summed E-state index contributed by atoms with van der Waals surface area (Å²) in [5, 5.41) is 0.528. The molecule has 4 aromatic rings. The molecule has 0 N–H and O–H groups in total. The van der Waals surface area contributed by atoms with E-state index in [1.165, 1.54) is 0 Å². The summed E-state index contributed by atoms with van der Waals surface area (Å²) in [6, 6.07) is 23.4. The van der Waals surface area contributed by atoms with E-state index in [4.69, 9.17) is 9.72 Å². The first kappa shape index (κ1) is 22.3. The number of ether oxygens (including phenoxy) is 1. The van der Waals surface area contributed by atoms with E-state index in [9.17, 15) is 9.59 Å². The first-order chi connectivity index (χ1) is 16.0. The first-order valence-corrected chi connectivity index (χ1v) is 11.2. The number of benzene rings is 3. The minimum absolute atomic E-state index is 0.105. The second kappa shape index (κ2) is 9.69. The molecule has 1 unspecified atom stereocenters. The predicted molar refractivity (Wildman–Crippen MR) is 130 cm³/mol. The van der Waals surface area contributed by atoms with Crippen molar-refractivity contribution in [3.05, 3.63) is 101 Å². The van der Waals surface area contributed by atoms with Gasteiger partial charge in [0.05, 0.1) is 29.2 Å². The minimum atomic E-state index is -0.438. The maximum atomic E-state index is 13.6. The highest BCUT2D eigenvalue weighted by Gasteiger charge is 2.26. The van der Waals surface area contributed by atoms with Gasteiger partial charge in [0.1, 0.15) is 11.6 Å². The second-order valence-electron chi connectivity index (χ2n) is 7.69. The van der Waals surface area contributed by atoms with Crippen LogP contribution in [-0.2, 0) is 0 Å². The van der Waals surface area contributed by atoms with Gasteiger partial charge in [-0.05, 0) is 69.3 Å². The van der Waals surface area contributed by atoms with Gasteiger partial charge in [0.25, 0.3) is 11.5 Å². The first-order valence-electron chi connectivity index (χ1n) is 11.2. The second-order valence-corrected chi connectivity index (χ2v) is 7.69. The lowest BCUT2D eigenvalue weighted by atomic mass is 10.1. The Hall–Kier alpha value is -3.93. The Morgan fingerprint density at radius 1 is 0.970 bits per heavy atom. The molecular weight excluding hydrogens is 414 g/mol. The molecular formula is C27H27N3O3. The lowest BCUT2D eigenvalue weighted by Crippen LogP contribution is -2.37. The zero-order valence-electron chi connectivity index (χ0n) is 19.1. The Balaban J connectivity index is 1.87. The summed E-state index contributed by atoms with van der Waals surface area (Å²) in [4.78, 5) is 33.5. The maximum Gasteiger partial charge on any atom is 0.266 e. The summed E-state index contributed by atoms with van der Waals surface area (Å²) < 4.78 is 7.16. The fourth-order valence-corrected chi connectivity index (χ4v) is 4.02. The van der Waals surface area contributed by atoms with Gasteiger partial charge < -0.3 is 9.64 Å². The predicted octanol–water partition coefficient (Wildman–Crippen LogP) is 5.01. The van der Waals surface area contributed by atoms with Crippen LogP contribution in [0.5, 0.6) is 5.75 Å². The summed E-state index contributed by atoms with van der Waals surface area (Å²) in [7, 11) is 0. The molecule has 33 heavy (non-hydrogen) atoms. The number of hydrogen-bond donors (Lipinski definition) is 0. The van der Waals surface area contributed by atoms with Gasteiger partial charge in [-0.15, -0.1) is 0 Å². The highest BCUT2D eigenvalue weighted by molar-refractivity contribution is 5.94. The molecule has 0 aliphatic rings. The number of carbonyl (C=O) groups is 1. The van der Waals surface area contributed by atoms with E-state index in [1.807, 2.05) is 81.4 Å². The molecule has 3 aromatic carbocycles. The van der Waals surface area contributed by atoms with Crippen LogP contribution < -0.4 is 10.3 Å². The molecule has 0 bridgehead atoms. The smallest absolute Gasteiger partial charge is 0.266 e. The Kier molecular flexibility index (Phi) is 6.54. The molecule has 0 saturated carbocycles. The van der Waals surface area contributed by atoms with Crippen LogP contribution in [0.2, 0.25) is 0 Å². The van der Waals surface area contributed by atoms with Crippen LogP contribution in [0.15, 0.2) is 83.7 Å². The summed E-state index contributed by atoms with van der Waals surface area (Å²) in [5.41, 5.74) is 1.71. The number of amides is 1. The summed E-state index contributed by atoms with van der Waals surface area (Å²) in [6.45, 7) is 6.80. The number of aromatic nitrogens is 2. The SMILES string of the molecule is CCOc1ccc(-n2c(C(C)N(CC)C(=O)c3ccccc3)nc3ccccc3c2=O)cc1. The van der Waals surface area contributed by atoms with Crippen molar-refractivity contribution in [3.8, 4) is 11.4 Å². The van der Waals surface area contributed by atoms with E-state index in [0.717, 1.165) is 5.75 Å². The highest BCUT2D eigenvalue weighted by Crippen LogP contribution is 2.25. The molecule has 1 amide bonds. The van der Waals surface area contributed by atoms with Gasteiger partial charge in [-0.25, -0.2) is 4.98 Å². The summed E-state index contributed by atoms with van der Waals surface area (Å²) in [6.07, 6.45) is 0. The van der Waals surface area contributed by atoms with Crippen molar-refractivity contribution in [2.45, 2.75) is 26.8 Å². The molecule has 0 aliphatic carbocycles. The van der Waals surface area contributed by atoms with Crippen LogP contribution in [0.1, 0.15) is 43.0 Å². The zero-order valence-corrected chi connectivity index (χ0v) is 19.1. The lowest BCUT2D eigenvalue weighted by Gasteiger charge is -2.29. The van der Waals surface area contributed by atoms with Gasteiger partial charge in [-0.3, -0.25) is 14.2 Å². The van der Waals surface area contributed by atoms with E-state index >= 15 is 0 Å². The van der Waals surface area contributed by atoms with Gasteiger partial charge in [-0.1, -0.05) is 30.3 Å². The largest absolute Gasteiger partial charge is 0.494 e. The minimum Gasteiger partial charge on any atom is -0.494 e. The van der Waals surface area contributed by atoms with Crippen molar-refractivity contribution in [3.63, 3.8) is 0 Å². The molecule has 1 atom stereocenters. The van der Waals surface area contributed by atoms with Crippen molar-refractivity contribution in [2.75, 3.05) is 13.2 Å². The van der Waals surface area contributed by atoms with Gasteiger partial charge in [0.15, 0.2) is 0 Å². The van der Waals surface area contributed by atoms with E-state index in [1.54, 1.807) is 27.7 Å². The quantitative estimate of drug-likeness (QED) is 0.405. The van der Waals surface area contributed by atoms with Crippen LogP contribution in [0.3, 0.4) is 0 Å². The van der Waals surface area contributed by atoms with Crippen molar-refractivity contribution < 1.29 is 9.53 Å². The Bertz CT molecular complexity index is 1310. The lowest BCUT2D eigenvalue weighted by molar-refractivity contribution is 0.0693. The zero-order chi connectivity index (χ0) is 23.4. The number of para-hydroxylation sites is 1. The van der Waals surface area contributed by atoms with Crippen molar-refractivity contribution in [1.29, 1.82) is 0 Å². The molecule has 0 radical (unpaired) electrons. The molecule has 0 aliphatic heterocycles. The average Bonchev–Trinajstić information content (AvgIpc) is 2.85. The van der Waals surface area contributed by atoms with Crippen LogP contribution in [0, 0.1) is 0 Å². The number of fused-ring (bicyclic) bond motifs is 1. The molecule has 168 valence electrons. The van der Waals surface area contributed by atoms with E-state index < -0.39 is 6.04 Å². The maximum absolute atomic E-state index is 13.6. The average molecular weight is 442 g/mol. The van der Waals surface area contributed by atoms with E-state index in [2.05, 4.69) is 0 Å². The standard InChI is InChI=1S/C27H27N3O3/c1-4-29(26(31)20-11-7-6-8-12-20)19(3)25-28-24-14-10-9-13-23(24)27(32)30(25)21-15-17-22(18-16-21)33-5-2/h6-19H,4-5H2,1-3H3. The summed E-state index contributed by atoms with van der Waals surface area (Å²) >= 11 is 0. The Labute approximate surface area is 193 Å². The Morgan fingerprint density at radius 2 is 1.64 bits per heavy atom. The normalized spacial score (nSPS) is 11.8. The fraction of sp³-hybridized carbons (Fsp3) is 0.222. The van der Waals surface area contributed by atoms with Crippen molar-refractivity contribution in [2.24, 2.45) is 0 Å². The molecule has 6 heteroatoms. The molecule has 1 aromatic heterocycles. The fourth-order valence-electron chi connectivity index (χ4n) is 4.02. The number of nitrogens with zero attached hydrogens (tertiary/aromatic N) is 3. The molecule has 1 heterocycles. The molecule has 4 rings (SSSR count). The molecule has 0 fully saturated rings. The monoisotopic (exact) mass is 441 g/mol. The van der Waals surface area contributed by atoms with Crippen LogP contribution in [-0.4, -0.2) is 33.5 Å². The highest BCUT2D eigenvalue weighted by atomic mass is 16.5. The Morgan fingerprint density at radius 3 is 2.30 bits per heavy atom. The molecule has 0 saturated heterocycles. The number of hydrogen-bond acceptors (Lipinski definition) is 4. The third kappa shape index (κ3) is 4.37. The van der Waals surface area contributed by atoms with Crippen LogP contribution in [0.25, 0.3) is 16.6 Å². The van der Waals surface area contributed by atoms with Crippen LogP contribution in [0.4, 0.5) is 0 Å². The van der Waals surface area contributed by atoms with Gasteiger partial charge >= 0.3 is 0 Å². The van der Waals surface area contributed by atoms with Gasteiger partial charge in [0.2, 0.25) is 0 Å².